The lowest BCUT2D eigenvalue weighted by Gasteiger charge is -2.10. The van der Waals surface area contributed by atoms with E-state index >= 15 is 0 Å². The quantitative estimate of drug-likeness (QED) is 0.304. The molecule has 0 aliphatic carbocycles. The number of esters is 1. The standard InChI is InChI=1S/C24H24N6O3S/c1-4-30-22(18-14-29(2)28-21(18)16-10-6-5-7-11-16)26-27-24(30)34-15-20(31)25-19-13-9-8-12-17(19)23(32)33-3/h5-14H,4,15H2,1-3H3,(H,25,31). The molecule has 10 heteroatoms. The zero-order chi connectivity index (χ0) is 24.1. The molecule has 1 N–H and O–H groups in total. The predicted octanol–water partition coefficient (Wildman–Crippen LogP) is 3.88. The minimum absolute atomic E-state index is 0.103. The highest BCUT2D eigenvalue weighted by Crippen LogP contribution is 2.31. The van der Waals surface area contributed by atoms with Crippen LogP contribution >= 0.6 is 11.8 Å². The van der Waals surface area contributed by atoms with Crippen molar-refractivity contribution in [1.82, 2.24) is 24.5 Å². The number of hydrogen-bond donors (Lipinski definition) is 1. The summed E-state index contributed by atoms with van der Waals surface area (Å²) in [6, 6.07) is 16.6. The molecule has 9 nitrogen and oxygen atoms in total. The highest BCUT2D eigenvalue weighted by atomic mass is 32.2. The van der Waals surface area contributed by atoms with E-state index in [0.29, 0.717) is 28.8 Å². The number of thioether (sulfide) groups is 1. The molecular formula is C24H24N6O3S. The van der Waals surface area contributed by atoms with Crippen LogP contribution in [0.5, 0.6) is 0 Å². The molecule has 0 saturated heterocycles. The first kappa shape index (κ1) is 23.2. The Morgan fingerprint density at radius 2 is 1.79 bits per heavy atom. The van der Waals surface area contributed by atoms with Gasteiger partial charge in [0.05, 0.1) is 29.7 Å². The molecule has 0 atom stereocenters. The van der Waals surface area contributed by atoms with Crippen LogP contribution in [0.2, 0.25) is 0 Å². The molecule has 34 heavy (non-hydrogen) atoms. The van der Waals surface area contributed by atoms with Crippen LogP contribution in [0.25, 0.3) is 22.6 Å². The van der Waals surface area contributed by atoms with Gasteiger partial charge in [-0.1, -0.05) is 54.2 Å². The Bertz CT molecular complexity index is 1320. The van der Waals surface area contributed by atoms with Crippen LogP contribution in [-0.2, 0) is 23.1 Å². The normalized spacial score (nSPS) is 10.8. The topological polar surface area (TPSA) is 104 Å². The molecule has 0 fully saturated rings. The molecule has 2 aromatic heterocycles. The number of anilines is 1. The number of aromatic nitrogens is 5. The Morgan fingerprint density at radius 1 is 1.06 bits per heavy atom. The summed E-state index contributed by atoms with van der Waals surface area (Å²) in [6.07, 6.45) is 1.92. The SMILES string of the molecule is CCn1c(SCC(=O)Nc2ccccc2C(=O)OC)nnc1-c1cn(C)nc1-c1ccccc1. The number of para-hydroxylation sites is 1. The van der Waals surface area contributed by atoms with E-state index < -0.39 is 5.97 Å². The van der Waals surface area contributed by atoms with Crippen LogP contribution < -0.4 is 5.32 Å². The molecule has 4 rings (SSSR count). The average molecular weight is 477 g/mol. The van der Waals surface area contributed by atoms with Crippen molar-refractivity contribution < 1.29 is 14.3 Å². The lowest BCUT2D eigenvalue weighted by atomic mass is 10.1. The molecular weight excluding hydrogens is 452 g/mol. The van der Waals surface area contributed by atoms with Crippen LogP contribution in [0.1, 0.15) is 17.3 Å². The fourth-order valence-corrected chi connectivity index (χ4v) is 4.34. The van der Waals surface area contributed by atoms with E-state index in [4.69, 9.17) is 4.74 Å². The summed E-state index contributed by atoms with van der Waals surface area (Å²) in [5.41, 5.74) is 3.37. The second kappa shape index (κ2) is 10.3. The molecule has 1 amide bonds. The number of nitrogens with one attached hydrogen (secondary N) is 1. The van der Waals surface area contributed by atoms with Crippen LogP contribution in [0.15, 0.2) is 66.0 Å². The maximum atomic E-state index is 12.6. The van der Waals surface area contributed by atoms with Crippen molar-refractivity contribution >= 4 is 29.3 Å². The molecule has 0 radical (unpaired) electrons. The first-order valence-corrected chi connectivity index (χ1v) is 11.6. The number of benzene rings is 2. The summed E-state index contributed by atoms with van der Waals surface area (Å²) in [5.74, 6) is 0.0181. The van der Waals surface area contributed by atoms with Crippen molar-refractivity contribution in [1.29, 1.82) is 0 Å². The minimum atomic E-state index is -0.510. The summed E-state index contributed by atoms with van der Waals surface area (Å²) >= 11 is 1.28. The summed E-state index contributed by atoms with van der Waals surface area (Å²) in [6.45, 7) is 2.63. The first-order valence-electron chi connectivity index (χ1n) is 10.6. The largest absolute Gasteiger partial charge is 0.465 e. The Hall–Kier alpha value is -3.92. The molecule has 0 aliphatic rings. The fourth-order valence-electron chi connectivity index (χ4n) is 3.54. The van der Waals surface area contributed by atoms with Gasteiger partial charge in [0, 0.05) is 25.4 Å². The number of carbonyl (C=O) groups excluding carboxylic acids is 2. The van der Waals surface area contributed by atoms with Gasteiger partial charge in [0.1, 0.15) is 5.69 Å². The fraction of sp³-hybridized carbons (Fsp3) is 0.208. The molecule has 0 aliphatic heterocycles. The Kier molecular flexibility index (Phi) is 7.07. The van der Waals surface area contributed by atoms with Gasteiger partial charge in [-0.05, 0) is 19.1 Å². The van der Waals surface area contributed by atoms with Gasteiger partial charge in [0.15, 0.2) is 11.0 Å². The van der Waals surface area contributed by atoms with Gasteiger partial charge >= 0.3 is 5.97 Å². The number of methoxy groups -OCH3 is 1. The Balaban J connectivity index is 1.53. The van der Waals surface area contributed by atoms with E-state index in [1.54, 1.807) is 28.9 Å². The predicted molar refractivity (Wildman–Crippen MR) is 130 cm³/mol. The number of ether oxygens (including phenoxy) is 1. The number of rotatable bonds is 8. The minimum Gasteiger partial charge on any atom is -0.465 e. The van der Waals surface area contributed by atoms with Gasteiger partial charge in [-0.25, -0.2) is 4.79 Å². The lowest BCUT2D eigenvalue weighted by Crippen LogP contribution is -2.17. The van der Waals surface area contributed by atoms with E-state index in [-0.39, 0.29) is 11.7 Å². The third kappa shape index (κ3) is 4.86. The second-order valence-corrected chi connectivity index (χ2v) is 8.30. The van der Waals surface area contributed by atoms with Crippen molar-refractivity contribution in [3.05, 3.63) is 66.4 Å². The number of hydrogen-bond acceptors (Lipinski definition) is 7. The maximum absolute atomic E-state index is 12.6. The molecule has 0 spiro atoms. The van der Waals surface area contributed by atoms with Crippen molar-refractivity contribution in [3.8, 4) is 22.6 Å². The molecule has 2 aromatic carbocycles. The van der Waals surface area contributed by atoms with Crippen LogP contribution in [0.3, 0.4) is 0 Å². The van der Waals surface area contributed by atoms with Crippen molar-refractivity contribution in [2.75, 3.05) is 18.2 Å². The van der Waals surface area contributed by atoms with Gasteiger partial charge < -0.3 is 14.6 Å². The first-order chi connectivity index (χ1) is 16.5. The van der Waals surface area contributed by atoms with Gasteiger partial charge in [0.2, 0.25) is 5.91 Å². The van der Waals surface area contributed by atoms with E-state index in [0.717, 1.165) is 16.8 Å². The van der Waals surface area contributed by atoms with Gasteiger partial charge in [0.25, 0.3) is 0 Å². The van der Waals surface area contributed by atoms with Crippen molar-refractivity contribution in [3.63, 3.8) is 0 Å². The number of amides is 1. The molecule has 2 heterocycles. The lowest BCUT2D eigenvalue weighted by molar-refractivity contribution is -0.113. The third-order valence-electron chi connectivity index (χ3n) is 5.09. The van der Waals surface area contributed by atoms with Crippen LogP contribution in [-0.4, -0.2) is 49.3 Å². The molecule has 4 aromatic rings. The van der Waals surface area contributed by atoms with Crippen LogP contribution in [0.4, 0.5) is 5.69 Å². The molecule has 0 bridgehead atoms. The van der Waals surface area contributed by atoms with E-state index in [1.165, 1.54) is 18.9 Å². The van der Waals surface area contributed by atoms with Gasteiger partial charge in [-0.15, -0.1) is 10.2 Å². The summed E-state index contributed by atoms with van der Waals surface area (Å²) in [7, 11) is 3.17. The highest BCUT2D eigenvalue weighted by Gasteiger charge is 2.21. The van der Waals surface area contributed by atoms with Crippen molar-refractivity contribution in [2.24, 2.45) is 7.05 Å². The summed E-state index contributed by atoms with van der Waals surface area (Å²) in [4.78, 5) is 24.6. The molecule has 0 saturated carbocycles. The monoisotopic (exact) mass is 476 g/mol. The summed E-state index contributed by atoms with van der Waals surface area (Å²) < 4.78 is 8.50. The average Bonchev–Trinajstić information content (AvgIpc) is 3.45. The van der Waals surface area contributed by atoms with Gasteiger partial charge in [-0.2, -0.15) is 5.10 Å². The number of carbonyl (C=O) groups is 2. The van der Waals surface area contributed by atoms with E-state index in [2.05, 4.69) is 20.6 Å². The molecule has 0 unspecified atom stereocenters. The highest BCUT2D eigenvalue weighted by molar-refractivity contribution is 7.99. The zero-order valence-electron chi connectivity index (χ0n) is 19.1. The Labute approximate surface area is 201 Å². The number of nitrogens with zero attached hydrogens (tertiary/aromatic N) is 5. The number of aryl methyl sites for hydroxylation is 1. The van der Waals surface area contributed by atoms with E-state index in [9.17, 15) is 9.59 Å². The van der Waals surface area contributed by atoms with Crippen molar-refractivity contribution in [2.45, 2.75) is 18.6 Å². The van der Waals surface area contributed by atoms with Gasteiger partial charge in [-0.3, -0.25) is 9.48 Å². The maximum Gasteiger partial charge on any atom is 0.339 e. The second-order valence-electron chi connectivity index (χ2n) is 7.36. The smallest absolute Gasteiger partial charge is 0.339 e. The van der Waals surface area contributed by atoms with Crippen LogP contribution in [0, 0.1) is 0 Å². The Morgan fingerprint density at radius 3 is 2.53 bits per heavy atom. The third-order valence-corrected chi connectivity index (χ3v) is 6.06. The van der Waals surface area contributed by atoms with E-state index in [1.807, 2.05) is 55.1 Å². The molecule has 174 valence electrons. The summed E-state index contributed by atoms with van der Waals surface area (Å²) in [5, 5.41) is 16.8. The zero-order valence-corrected chi connectivity index (χ0v) is 19.9.